The lowest BCUT2D eigenvalue weighted by atomic mass is 10.0. The molecule has 1 aliphatic carbocycles. The molecule has 1 fully saturated rings. The summed E-state index contributed by atoms with van der Waals surface area (Å²) in [6.45, 7) is 3.19. The summed E-state index contributed by atoms with van der Waals surface area (Å²) < 4.78 is 33.1. The predicted octanol–water partition coefficient (Wildman–Crippen LogP) is 3.15. The van der Waals surface area contributed by atoms with Crippen molar-refractivity contribution < 1.29 is 18.6 Å². The van der Waals surface area contributed by atoms with Crippen LogP contribution in [0.15, 0.2) is 12.1 Å². The van der Waals surface area contributed by atoms with Crippen molar-refractivity contribution in [1.29, 1.82) is 0 Å². The van der Waals surface area contributed by atoms with Crippen molar-refractivity contribution in [2.75, 3.05) is 13.2 Å². The summed E-state index contributed by atoms with van der Waals surface area (Å²) in [7, 11) is 0. The zero-order valence-electron chi connectivity index (χ0n) is 12.4. The van der Waals surface area contributed by atoms with Crippen molar-refractivity contribution in [1.82, 2.24) is 5.32 Å². The number of hydrogen-bond donors (Lipinski definition) is 2. The van der Waals surface area contributed by atoms with Gasteiger partial charge in [-0.25, -0.2) is 8.78 Å². The molecule has 21 heavy (non-hydrogen) atoms. The van der Waals surface area contributed by atoms with Gasteiger partial charge in [0.15, 0.2) is 17.4 Å². The third-order valence-corrected chi connectivity index (χ3v) is 3.83. The zero-order valence-corrected chi connectivity index (χ0v) is 12.4. The van der Waals surface area contributed by atoms with Crippen LogP contribution in [0.3, 0.4) is 0 Å². The average molecular weight is 299 g/mol. The molecular weight excluding hydrogens is 276 g/mol. The van der Waals surface area contributed by atoms with Crippen LogP contribution >= 0.6 is 0 Å². The maximum atomic E-state index is 13.9. The molecule has 118 valence electrons. The van der Waals surface area contributed by atoms with Gasteiger partial charge in [0.1, 0.15) is 6.61 Å². The smallest absolute Gasteiger partial charge is 0.190 e. The predicted molar refractivity (Wildman–Crippen MR) is 77.3 cm³/mol. The fourth-order valence-corrected chi connectivity index (χ4v) is 2.65. The number of halogens is 2. The van der Waals surface area contributed by atoms with E-state index in [4.69, 9.17) is 4.74 Å². The molecule has 0 unspecified atom stereocenters. The minimum atomic E-state index is -0.944. The molecule has 0 bridgehead atoms. The topological polar surface area (TPSA) is 41.5 Å². The van der Waals surface area contributed by atoms with E-state index in [9.17, 15) is 13.9 Å². The third-order valence-electron chi connectivity index (χ3n) is 3.83. The molecule has 0 spiro atoms. The van der Waals surface area contributed by atoms with Gasteiger partial charge in [-0.3, -0.25) is 0 Å². The monoisotopic (exact) mass is 299 g/mol. The van der Waals surface area contributed by atoms with Gasteiger partial charge >= 0.3 is 0 Å². The Labute approximate surface area is 124 Å². The van der Waals surface area contributed by atoms with Crippen LogP contribution in [0.25, 0.3) is 0 Å². The molecule has 0 radical (unpaired) electrons. The summed E-state index contributed by atoms with van der Waals surface area (Å²) in [4.78, 5) is 0. The molecule has 1 saturated carbocycles. The molecule has 0 aliphatic heterocycles. The molecule has 5 heteroatoms. The highest BCUT2D eigenvalue weighted by molar-refractivity contribution is 5.31. The number of benzene rings is 1. The van der Waals surface area contributed by atoms with E-state index in [0.717, 1.165) is 25.8 Å². The van der Waals surface area contributed by atoms with Crippen LogP contribution in [0.4, 0.5) is 8.78 Å². The first-order valence-electron chi connectivity index (χ1n) is 7.58. The normalized spacial score (nSPS) is 17.1. The highest BCUT2D eigenvalue weighted by Crippen LogP contribution is 2.31. The molecule has 0 amide bonds. The van der Waals surface area contributed by atoms with Gasteiger partial charge in [0.25, 0.3) is 0 Å². The van der Waals surface area contributed by atoms with Gasteiger partial charge in [0.05, 0.1) is 5.60 Å². The Hall–Kier alpha value is -1.20. The molecule has 1 aromatic rings. The molecular formula is C16H23F2NO2. The summed E-state index contributed by atoms with van der Waals surface area (Å²) in [5.41, 5.74) is -0.398. The van der Waals surface area contributed by atoms with Crippen LogP contribution in [0.2, 0.25) is 0 Å². The van der Waals surface area contributed by atoms with Gasteiger partial charge in [-0.2, -0.15) is 0 Å². The minimum absolute atomic E-state index is 0.0612. The van der Waals surface area contributed by atoms with E-state index in [-0.39, 0.29) is 6.61 Å². The first-order chi connectivity index (χ1) is 10.0. The third kappa shape index (κ3) is 4.38. The van der Waals surface area contributed by atoms with Crippen molar-refractivity contribution in [2.24, 2.45) is 0 Å². The van der Waals surface area contributed by atoms with Crippen molar-refractivity contribution in [3.63, 3.8) is 0 Å². The molecule has 1 aliphatic rings. The Morgan fingerprint density at radius 2 is 1.86 bits per heavy atom. The van der Waals surface area contributed by atoms with Gasteiger partial charge in [0.2, 0.25) is 0 Å². The summed E-state index contributed by atoms with van der Waals surface area (Å²) >= 11 is 0. The standard InChI is InChI=1S/C16H23F2NO2/c1-2-7-19-10-12-8-13(17)15(14(18)9-12)21-11-16(20)5-3-4-6-16/h8-9,19-20H,2-7,10-11H2,1H3. The maximum Gasteiger partial charge on any atom is 0.190 e. The van der Waals surface area contributed by atoms with Crippen molar-refractivity contribution in [3.05, 3.63) is 29.3 Å². The number of nitrogens with one attached hydrogen (secondary N) is 1. The fourth-order valence-electron chi connectivity index (χ4n) is 2.65. The molecule has 2 rings (SSSR count). The van der Waals surface area contributed by atoms with E-state index < -0.39 is 23.0 Å². The van der Waals surface area contributed by atoms with Crippen LogP contribution in [0.1, 0.15) is 44.6 Å². The lowest BCUT2D eigenvalue weighted by Gasteiger charge is -2.22. The van der Waals surface area contributed by atoms with Crippen LogP contribution < -0.4 is 10.1 Å². The molecule has 1 aromatic carbocycles. The zero-order chi connectivity index (χ0) is 15.3. The van der Waals surface area contributed by atoms with E-state index in [2.05, 4.69) is 5.32 Å². The lowest BCUT2D eigenvalue weighted by Crippen LogP contribution is -2.32. The number of hydrogen-bond acceptors (Lipinski definition) is 3. The van der Waals surface area contributed by atoms with Gasteiger partial charge < -0.3 is 15.2 Å². The molecule has 2 N–H and O–H groups in total. The number of ether oxygens (including phenoxy) is 1. The number of rotatable bonds is 7. The highest BCUT2D eigenvalue weighted by Gasteiger charge is 2.32. The first kappa shape index (κ1) is 16.2. The fraction of sp³-hybridized carbons (Fsp3) is 0.625. The maximum absolute atomic E-state index is 13.9. The summed E-state index contributed by atoms with van der Waals surface area (Å²) in [5.74, 6) is -1.83. The molecule has 0 heterocycles. The molecule has 0 atom stereocenters. The largest absolute Gasteiger partial charge is 0.485 e. The highest BCUT2D eigenvalue weighted by atomic mass is 19.1. The second-order valence-electron chi connectivity index (χ2n) is 5.79. The summed E-state index contributed by atoms with van der Waals surface area (Å²) in [6, 6.07) is 2.56. The van der Waals surface area contributed by atoms with Gasteiger partial charge in [-0.1, -0.05) is 19.8 Å². The SMILES string of the molecule is CCCNCc1cc(F)c(OCC2(O)CCCC2)c(F)c1. The Morgan fingerprint density at radius 3 is 2.43 bits per heavy atom. The van der Waals surface area contributed by atoms with Crippen molar-refractivity contribution in [3.8, 4) is 5.75 Å². The summed E-state index contributed by atoms with van der Waals surface area (Å²) in [5, 5.41) is 13.2. The molecule has 0 aromatic heterocycles. The van der Waals surface area contributed by atoms with Crippen LogP contribution in [0.5, 0.6) is 5.75 Å². The van der Waals surface area contributed by atoms with E-state index in [0.29, 0.717) is 24.9 Å². The minimum Gasteiger partial charge on any atom is -0.485 e. The van der Waals surface area contributed by atoms with E-state index in [1.807, 2.05) is 6.92 Å². The Bertz CT molecular complexity index is 450. The van der Waals surface area contributed by atoms with Crippen LogP contribution in [-0.4, -0.2) is 23.9 Å². The second-order valence-corrected chi connectivity index (χ2v) is 5.79. The Kier molecular flexibility index (Phi) is 5.53. The van der Waals surface area contributed by atoms with Gasteiger partial charge in [-0.15, -0.1) is 0 Å². The molecule has 3 nitrogen and oxygen atoms in total. The van der Waals surface area contributed by atoms with Crippen LogP contribution in [0, 0.1) is 11.6 Å². The quantitative estimate of drug-likeness (QED) is 0.760. The number of aliphatic hydroxyl groups is 1. The Morgan fingerprint density at radius 1 is 1.24 bits per heavy atom. The van der Waals surface area contributed by atoms with Gasteiger partial charge in [-0.05, 0) is 43.5 Å². The van der Waals surface area contributed by atoms with Gasteiger partial charge in [0, 0.05) is 6.54 Å². The average Bonchev–Trinajstić information content (AvgIpc) is 2.85. The van der Waals surface area contributed by atoms with Crippen molar-refractivity contribution >= 4 is 0 Å². The lowest BCUT2D eigenvalue weighted by molar-refractivity contribution is -0.000844. The Balaban J connectivity index is 1.99. The van der Waals surface area contributed by atoms with Crippen molar-refractivity contribution in [2.45, 2.75) is 51.2 Å². The van der Waals surface area contributed by atoms with E-state index in [1.165, 1.54) is 12.1 Å². The first-order valence-corrected chi connectivity index (χ1v) is 7.58. The van der Waals surface area contributed by atoms with E-state index in [1.54, 1.807) is 0 Å². The second kappa shape index (κ2) is 7.18. The van der Waals surface area contributed by atoms with E-state index >= 15 is 0 Å². The summed E-state index contributed by atoms with van der Waals surface area (Å²) in [6.07, 6.45) is 4.05. The van der Waals surface area contributed by atoms with Crippen LogP contribution in [-0.2, 0) is 6.54 Å². The molecule has 0 saturated heterocycles.